The molecule has 0 aromatic heterocycles. The topological polar surface area (TPSA) is 237 Å². The minimum absolute atomic E-state index is 0.109. The molecule has 0 aromatic carbocycles. The van der Waals surface area contributed by atoms with Crippen LogP contribution in [0.4, 0.5) is 0 Å². The second-order valence-corrected chi connectivity index (χ2v) is 35.4. The van der Waals surface area contributed by atoms with E-state index in [1.165, 1.54) is 295 Å². The molecule has 0 saturated heterocycles. The van der Waals surface area contributed by atoms with Crippen LogP contribution < -0.4 is 0 Å². The Morgan fingerprint density at radius 3 is 0.657 bits per heavy atom. The van der Waals surface area contributed by atoms with Gasteiger partial charge in [-0.05, 0) is 37.5 Å². The maximum absolute atomic E-state index is 13.2. The Morgan fingerprint density at radius 2 is 0.444 bits per heavy atom. The van der Waals surface area contributed by atoms with Crippen LogP contribution in [-0.2, 0) is 65.4 Å². The SMILES string of the molecule is CCCCCCCCCCCCCCCCCCC(=O)O[C@H](COC(=O)CCCCCCCCCCCCCC)COP(=O)(O)OC[C@H](O)COP(=O)(O)OC[C@@H](COC(=O)CCCCCCCCCCCCCCCCC(C)CC)OC(=O)CCCCCCCCCCCCCCCCCCCCC(C)CC. The predicted octanol–water partition coefficient (Wildman–Crippen LogP) is 27.4. The third-order valence-corrected chi connectivity index (χ3v) is 23.6. The summed E-state index contributed by atoms with van der Waals surface area (Å²) in [6, 6.07) is 0. The quantitative estimate of drug-likeness (QED) is 0.0222. The van der Waals surface area contributed by atoms with Gasteiger partial charge in [-0.2, -0.15) is 0 Å². The van der Waals surface area contributed by atoms with E-state index >= 15 is 0 Å². The molecule has 0 amide bonds. The molecule has 0 radical (unpaired) electrons. The van der Waals surface area contributed by atoms with Crippen molar-refractivity contribution in [3.05, 3.63) is 0 Å². The normalized spacial score (nSPS) is 14.3. The van der Waals surface area contributed by atoms with Gasteiger partial charge in [-0.1, -0.05) is 427 Å². The second-order valence-electron chi connectivity index (χ2n) is 32.5. The summed E-state index contributed by atoms with van der Waals surface area (Å²) in [6.45, 7) is 9.82. The molecule has 3 N–H and O–H groups in total. The largest absolute Gasteiger partial charge is 0.472 e. The summed E-state index contributed by atoms with van der Waals surface area (Å²) in [5.74, 6) is -0.375. The van der Waals surface area contributed by atoms with E-state index in [2.05, 4.69) is 41.5 Å². The molecule has 0 saturated carbocycles. The molecule has 0 spiro atoms. The number of hydrogen-bond acceptors (Lipinski definition) is 15. The number of phosphoric acid groups is 2. The number of carbonyl (C=O) groups excluding carboxylic acids is 4. The van der Waals surface area contributed by atoms with Crippen molar-refractivity contribution in [3.8, 4) is 0 Å². The van der Waals surface area contributed by atoms with Crippen LogP contribution in [0.5, 0.6) is 0 Å². The average Bonchev–Trinajstić information content (AvgIpc) is 0.898. The number of aliphatic hydroxyl groups excluding tert-OH is 1. The van der Waals surface area contributed by atoms with Crippen LogP contribution in [0.1, 0.15) is 478 Å². The van der Waals surface area contributed by atoms with Gasteiger partial charge in [0, 0.05) is 25.7 Å². The molecular weight excluding hydrogens is 1400 g/mol. The van der Waals surface area contributed by atoms with E-state index in [-0.39, 0.29) is 25.7 Å². The van der Waals surface area contributed by atoms with E-state index in [1.54, 1.807) is 0 Å². The summed E-state index contributed by atoms with van der Waals surface area (Å²) in [5, 5.41) is 10.7. The minimum Gasteiger partial charge on any atom is -0.462 e. The molecule has 17 nitrogen and oxygen atoms in total. The van der Waals surface area contributed by atoms with Crippen molar-refractivity contribution in [2.24, 2.45) is 11.8 Å². The third kappa shape index (κ3) is 79.3. The van der Waals surface area contributed by atoms with Gasteiger partial charge < -0.3 is 33.8 Å². The van der Waals surface area contributed by atoms with Crippen LogP contribution >= 0.6 is 15.6 Å². The van der Waals surface area contributed by atoms with Crippen molar-refractivity contribution in [2.45, 2.75) is 496 Å². The lowest BCUT2D eigenvalue weighted by molar-refractivity contribution is -0.161. The summed E-state index contributed by atoms with van der Waals surface area (Å²) < 4.78 is 69.0. The lowest BCUT2D eigenvalue weighted by Gasteiger charge is -2.21. The first-order valence-electron chi connectivity index (χ1n) is 46.1. The summed E-state index contributed by atoms with van der Waals surface area (Å²) >= 11 is 0. The van der Waals surface area contributed by atoms with E-state index in [9.17, 15) is 43.2 Å². The Morgan fingerprint density at radius 1 is 0.259 bits per heavy atom. The molecule has 0 bridgehead atoms. The number of ether oxygens (including phenoxy) is 4. The van der Waals surface area contributed by atoms with Gasteiger partial charge in [-0.15, -0.1) is 0 Å². The molecule has 0 aliphatic heterocycles. The van der Waals surface area contributed by atoms with Crippen molar-refractivity contribution in [2.75, 3.05) is 39.6 Å². The number of carbonyl (C=O) groups is 4. The molecule has 4 unspecified atom stereocenters. The monoisotopic (exact) mass is 1580 g/mol. The van der Waals surface area contributed by atoms with Crippen LogP contribution in [0.25, 0.3) is 0 Å². The van der Waals surface area contributed by atoms with E-state index in [0.717, 1.165) is 102 Å². The Kier molecular flexibility index (Phi) is 78.8. The molecule has 0 heterocycles. The third-order valence-electron chi connectivity index (χ3n) is 21.7. The number of hydrogen-bond donors (Lipinski definition) is 3. The standard InChI is InChI=1S/C89H174O17P2/c1-7-11-13-15-17-19-21-23-24-30-37-43-49-55-61-67-73-88(93)105-84(77-99-86(91)71-65-59-53-47-41-22-20-18-16-14-12-8-2)79-103-107(95,96)101-75-83(90)76-102-108(97,98)104-80-85(78-100-87(92)72-66-60-54-48-42-36-33-32-35-40-46-52-58-64-70-82(6)10-4)106-89(94)74-68-62-56-50-44-38-31-28-26-25-27-29-34-39-45-51-57-63-69-81(5)9-3/h81-85,90H,7-80H2,1-6H3,(H,95,96)(H,97,98)/t81?,82?,83-,84+,85+/m0/s1. The molecular formula is C89H174O17P2. The molecule has 642 valence electrons. The fourth-order valence-electron chi connectivity index (χ4n) is 13.9. The molecule has 0 rings (SSSR count). The highest BCUT2D eigenvalue weighted by Gasteiger charge is 2.31. The highest BCUT2D eigenvalue weighted by molar-refractivity contribution is 7.47. The Balaban J connectivity index is 5.25. The van der Waals surface area contributed by atoms with E-state index in [4.69, 9.17) is 37.0 Å². The van der Waals surface area contributed by atoms with Crippen LogP contribution in [0.15, 0.2) is 0 Å². The number of aliphatic hydroxyl groups is 1. The molecule has 0 aliphatic rings. The first-order valence-corrected chi connectivity index (χ1v) is 49.1. The van der Waals surface area contributed by atoms with Crippen LogP contribution in [-0.4, -0.2) is 96.7 Å². The van der Waals surface area contributed by atoms with Gasteiger partial charge in [0.1, 0.15) is 19.3 Å². The van der Waals surface area contributed by atoms with Crippen molar-refractivity contribution in [1.29, 1.82) is 0 Å². The zero-order chi connectivity index (χ0) is 79.2. The minimum atomic E-state index is -4.97. The lowest BCUT2D eigenvalue weighted by atomic mass is 9.99. The highest BCUT2D eigenvalue weighted by atomic mass is 31.2. The number of esters is 4. The second kappa shape index (κ2) is 80.3. The molecule has 108 heavy (non-hydrogen) atoms. The summed E-state index contributed by atoms with van der Waals surface area (Å²) in [5.41, 5.74) is 0. The Hall–Kier alpha value is -1.94. The molecule has 19 heteroatoms. The van der Waals surface area contributed by atoms with Crippen LogP contribution in [0.3, 0.4) is 0 Å². The fraction of sp³-hybridized carbons (Fsp3) is 0.955. The van der Waals surface area contributed by atoms with E-state index in [1.807, 2.05) is 0 Å². The first kappa shape index (κ1) is 106. The van der Waals surface area contributed by atoms with E-state index in [0.29, 0.717) is 25.7 Å². The zero-order valence-corrected chi connectivity index (χ0v) is 73.0. The number of unbranched alkanes of at least 4 members (excludes halogenated alkanes) is 56. The maximum atomic E-state index is 13.2. The Bertz CT molecular complexity index is 2070. The summed E-state index contributed by atoms with van der Waals surface area (Å²) in [6.07, 6.45) is 73.4. The Labute approximate surface area is 664 Å². The smallest absolute Gasteiger partial charge is 0.462 e. The summed E-state index contributed by atoms with van der Waals surface area (Å²) in [7, 11) is -9.93. The van der Waals surface area contributed by atoms with Gasteiger partial charge in [-0.25, -0.2) is 9.13 Å². The number of phosphoric ester groups is 2. The molecule has 7 atom stereocenters. The summed E-state index contributed by atoms with van der Waals surface area (Å²) in [4.78, 5) is 73.4. The van der Waals surface area contributed by atoms with Gasteiger partial charge in [0.15, 0.2) is 12.2 Å². The fourth-order valence-corrected chi connectivity index (χ4v) is 15.5. The zero-order valence-electron chi connectivity index (χ0n) is 71.2. The van der Waals surface area contributed by atoms with Crippen LogP contribution in [0.2, 0.25) is 0 Å². The van der Waals surface area contributed by atoms with Gasteiger partial charge >= 0.3 is 39.5 Å². The predicted molar refractivity (Wildman–Crippen MR) is 446 cm³/mol. The first-order chi connectivity index (χ1) is 52.4. The molecule has 0 fully saturated rings. The maximum Gasteiger partial charge on any atom is 0.472 e. The van der Waals surface area contributed by atoms with Crippen LogP contribution in [0, 0.1) is 11.8 Å². The van der Waals surface area contributed by atoms with E-state index < -0.39 is 97.5 Å². The van der Waals surface area contributed by atoms with Gasteiger partial charge in [-0.3, -0.25) is 37.3 Å². The average molecular weight is 1580 g/mol. The number of rotatable bonds is 88. The molecule has 0 aliphatic carbocycles. The van der Waals surface area contributed by atoms with Gasteiger partial charge in [0.25, 0.3) is 0 Å². The van der Waals surface area contributed by atoms with Crippen molar-refractivity contribution in [3.63, 3.8) is 0 Å². The molecule has 0 aromatic rings. The van der Waals surface area contributed by atoms with Crippen molar-refractivity contribution < 1.29 is 80.2 Å². The van der Waals surface area contributed by atoms with Gasteiger partial charge in [0.05, 0.1) is 26.4 Å². The van der Waals surface area contributed by atoms with Gasteiger partial charge in [0.2, 0.25) is 0 Å². The van der Waals surface area contributed by atoms with Crippen molar-refractivity contribution in [1.82, 2.24) is 0 Å². The highest BCUT2D eigenvalue weighted by Crippen LogP contribution is 2.45. The van der Waals surface area contributed by atoms with Crippen molar-refractivity contribution >= 4 is 39.5 Å². The lowest BCUT2D eigenvalue weighted by Crippen LogP contribution is -2.30.